The van der Waals surface area contributed by atoms with Crippen LogP contribution in [0.5, 0.6) is 0 Å². The van der Waals surface area contributed by atoms with Crippen molar-refractivity contribution >= 4 is 23.9 Å². The molecule has 5 heteroatoms. The van der Waals surface area contributed by atoms with Gasteiger partial charge in [-0.1, -0.05) is 42.5 Å². The van der Waals surface area contributed by atoms with Crippen LogP contribution in [0.2, 0.25) is 0 Å². The molecule has 0 bridgehead atoms. The Bertz CT molecular complexity index is 645. The number of carbonyl (C=O) groups is 1. The molecule has 0 saturated heterocycles. The van der Waals surface area contributed by atoms with Crippen LogP contribution in [0.4, 0.5) is 0 Å². The first-order valence-electron chi connectivity index (χ1n) is 5.96. The van der Waals surface area contributed by atoms with E-state index in [-0.39, 0.29) is 6.61 Å². The molecule has 0 amide bonds. The molecule has 2 aromatic rings. The second kappa shape index (κ2) is 5.66. The minimum absolute atomic E-state index is 0.0430. The minimum atomic E-state index is -4.10. The molecule has 0 radical (unpaired) electrons. The lowest BCUT2D eigenvalue weighted by atomic mass is 10.0. The molecule has 0 aromatic heterocycles. The van der Waals surface area contributed by atoms with Crippen LogP contribution in [0.3, 0.4) is 0 Å². The molecular weight excluding hydrogens is 263 g/mol. The Balaban J connectivity index is 2.11. The monoisotopic (exact) mass is 278 g/mol. The molecule has 1 unspecified atom stereocenters. The Hall–Kier alpha value is -1.48. The smallest absolute Gasteiger partial charge is 0.319 e. The van der Waals surface area contributed by atoms with Gasteiger partial charge in [-0.2, -0.15) is 0 Å². The first kappa shape index (κ1) is 13.9. The molecule has 19 heavy (non-hydrogen) atoms. The van der Waals surface area contributed by atoms with Crippen LogP contribution in [-0.4, -0.2) is 17.0 Å². The van der Waals surface area contributed by atoms with Gasteiger partial charge in [0.2, 0.25) is 5.52 Å². The molecule has 0 aliphatic heterocycles. The lowest BCUT2D eigenvalue weighted by Crippen LogP contribution is -2.02. The number of hydrogen-bond acceptors (Lipinski definition) is 3. The van der Waals surface area contributed by atoms with Gasteiger partial charge in [0.25, 0.3) is 0 Å². The second-order valence-electron chi connectivity index (χ2n) is 4.26. The van der Waals surface area contributed by atoms with Gasteiger partial charge >= 0.3 is 7.60 Å². The van der Waals surface area contributed by atoms with Gasteiger partial charge in [0.05, 0.1) is 6.61 Å². The summed E-state index contributed by atoms with van der Waals surface area (Å²) in [5.74, 6) is 0. The van der Waals surface area contributed by atoms with Gasteiger partial charge in [-0.05, 0) is 22.8 Å². The highest BCUT2D eigenvalue weighted by molar-refractivity contribution is 7.70. The van der Waals surface area contributed by atoms with Crippen molar-refractivity contribution in [1.82, 2.24) is 0 Å². The van der Waals surface area contributed by atoms with Crippen LogP contribution >= 0.6 is 7.60 Å². The third kappa shape index (κ3) is 3.29. The van der Waals surface area contributed by atoms with E-state index in [2.05, 4.69) is 0 Å². The zero-order chi connectivity index (χ0) is 13.9. The van der Waals surface area contributed by atoms with Gasteiger partial charge in [0, 0.05) is 6.92 Å². The lowest BCUT2D eigenvalue weighted by molar-refractivity contribution is -0.111. The van der Waals surface area contributed by atoms with Crippen molar-refractivity contribution in [2.45, 2.75) is 13.3 Å². The largest absolute Gasteiger partial charge is 0.393 e. The molecule has 2 rings (SSSR count). The van der Waals surface area contributed by atoms with Crippen LogP contribution in [0.1, 0.15) is 12.5 Å². The standard InChI is InChI=1S/C14H15O4P/c1-11(15)19(16,17)18-10-9-13-7-4-6-12-5-2-3-8-14(12)13/h2-8H,9-10H2,1H3,(H,16,17). The first-order chi connectivity index (χ1) is 9.00. The van der Waals surface area contributed by atoms with Crippen LogP contribution in [-0.2, 0) is 20.3 Å². The van der Waals surface area contributed by atoms with Crippen molar-refractivity contribution in [3.8, 4) is 0 Å². The fourth-order valence-corrected chi connectivity index (χ4v) is 2.40. The summed E-state index contributed by atoms with van der Waals surface area (Å²) in [4.78, 5) is 20.1. The molecule has 2 aromatic carbocycles. The number of rotatable bonds is 5. The molecule has 4 nitrogen and oxygen atoms in total. The van der Waals surface area contributed by atoms with Gasteiger partial charge < -0.3 is 9.42 Å². The maximum absolute atomic E-state index is 11.4. The number of benzene rings is 2. The Morgan fingerprint density at radius 2 is 1.89 bits per heavy atom. The van der Waals surface area contributed by atoms with Crippen LogP contribution < -0.4 is 0 Å². The number of fused-ring (bicyclic) bond motifs is 1. The summed E-state index contributed by atoms with van der Waals surface area (Å²) >= 11 is 0. The molecule has 1 N–H and O–H groups in total. The minimum Gasteiger partial charge on any atom is -0.319 e. The summed E-state index contributed by atoms with van der Waals surface area (Å²) in [6.45, 7) is 1.10. The van der Waals surface area contributed by atoms with Crippen LogP contribution in [0.15, 0.2) is 42.5 Å². The fourth-order valence-electron chi connectivity index (χ4n) is 1.88. The van der Waals surface area contributed by atoms with Gasteiger partial charge in [0.1, 0.15) is 0 Å². The third-order valence-corrected chi connectivity index (χ3v) is 4.24. The summed E-state index contributed by atoms with van der Waals surface area (Å²) in [5.41, 5.74) is 0.201. The van der Waals surface area contributed by atoms with Gasteiger partial charge in [-0.25, -0.2) is 0 Å². The molecular formula is C14H15O4P. The fraction of sp³-hybridized carbons (Fsp3) is 0.214. The van der Waals surface area contributed by atoms with E-state index in [1.54, 1.807) is 0 Å². The van der Waals surface area contributed by atoms with E-state index in [1.807, 2.05) is 42.5 Å². The van der Waals surface area contributed by atoms with Crippen molar-refractivity contribution < 1.29 is 18.8 Å². The molecule has 0 fully saturated rings. The maximum atomic E-state index is 11.4. The molecule has 0 spiro atoms. The van der Waals surface area contributed by atoms with E-state index in [0.717, 1.165) is 23.3 Å². The van der Waals surface area contributed by atoms with Crippen molar-refractivity contribution in [2.75, 3.05) is 6.61 Å². The normalized spacial score (nSPS) is 14.2. The zero-order valence-corrected chi connectivity index (χ0v) is 11.5. The first-order valence-corrected chi connectivity index (χ1v) is 7.53. The summed E-state index contributed by atoms with van der Waals surface area (Å²) in [6, 6.07) is 13.8. The van der Waals surface area contributed by atoms with E-state index in [1.165, 1.54) is 0 Å². The Morgan fingerprint density at radius 3 is 2.63 bits per heavy atom. The number of hydrogen-bond donors (Lipinski definition) is 1. The van der Waals surface area contributed by atoms with E-state index in [0.29, 0.717) is 6.42 Å². The molecule has 100 valence electrons. The van der Waals surface area contributed by atoms with E-state index >= 15 is 0 Å². The summed E-state index contributed by atoms with van der Waals surface area (Å²) in [5, 5.41) is 2.20. The van der Waals surface area contributed by atoms with Gasteiger partial charge in [-0.15, -0.1) is 0 Å². The molecule has 0 aliphatic carbocycles. The van der Waals surface area contributed by atoms with Gasteiger partial charge in [0.15, 0.2) is 0 Å². The third-order valence-electron chi connectivity index (χ3n) is 2.92. The SMILES string of the molecule is CC(=O)P(=O)(O)OCCc1cccc2ccccc12. The summed E-state index contributed by atoms with van der Waals surface area (Å²) in [6.07, 6.45) is 0.485. The topological polar surface area (TPSA) is 63.6 Å². The average molecular weight is 278 g/mol. The zero-order valence-electron chi connectivity index (χ0n) is 10.6. The van der Waals surface area contributed by atoms with Crippen LogP contribution in [0, 0.1) is 0 Å². The Kier molecular flexibility index (Phi) is 4.15. The maximum Gasteiger partial charge on any atom is 0.393 e. The second-order valence-corrected chi connectivity index (χ2v) is 6.19. The highest BCUT2D eigenvalue weighted by atomic mass is 31.2. The van der Waals surface area contributed by atoms with Crippen molar-refractivity contribution in [1.29, 1.82) is 0 Å². The highest BCUT2D eigenvalue weighted by Crippen LogP contribution is 2.42. The van der Waals surface area contributed by atoms with Crippen molar-refractivity contribution in [2.24, 2.45) is 0 Å². The quantitative estimate of drug-likeness (QED) is 0.853. The Morgan fingerprint density at radius 1 is 1.21 bits per heavy atom. The summed E-state index contributed by atoms with van der Waals surface area (Å²) < 4.78 is 16.2. The number of carbonyl (C=O) groups excluding carboxylic acids is 1. The predicted molar refractivity (Wildman–Crippen MR) is 74.1 cm³/mol. The van der Waals surface area contributed by atoms with Crippen molar-refractivity contribution in [3.63, 3.8) is 0 Å². The molecule has 0 saturated carbocycles. The molecule has 0 heterocycles. The van der Waals surface area contributed by atoms with Gasteiger partial charge in [-0.3, -0.25) is 9.36 Å². The van der Waals surface area contributed by atoms with E-state index < -0.39 is 13.1 Å². The summed E-state index contributed by atoms with van der Waals surface area (Å²) in [7, 11) is -4.10. The average Bonchev–Trinajstić information content (AvgIpc) is 2.38. The molecule has 1 atom stereocenters. The predicted octanol–water partition coefficient (Wildman–Crippen LogP) is 3.13. The van der Waals surface area contributed by atoms with E-state index in [4.69, 9.17) is 4.52 Å². The lowest BCUT2D eigenvalue weighted by Gasteiger charge is -2.10. The van der Waals surface area contributed by atoms with E-state index in [9.17, 15) is 14.3 Å². The Labute approximate surface area is 111 Å². The van der Waals surface area contributed by atoms with Crippen LogP contribution in [0.25, 0.3) is 10.8 Å². The highest BCUT2D eigenvalue weighted by Gasteiger charge is 2.25. The van der Waals surface area contributed by atoms with Crippen molar-refractivity contribution in [3.05, 3.63) is 48.0 Å². The molecule has 0 aliphatic rings.